The summed E-state index contributed by atoms with van der Waals surface area (Å²) in [4.78, 5) is 13.6. The lowest BCUT2D eigenvalue weighted by atomic mass is 10.1. The summed E-state index contributed by atoms with van der Waals surface area (Å²) in [5, 5.41) is 0. The van der Waals surface area contributed by atoms with Crippen molar-refractivity contribution in [1.29, 1.82) is 0 Å². The van der Waals surface area contributed by atoms with E-state index in [1.807, 2.05) is 6.92 Å². The van der Waals surface area contributed by atoms with Crippen LogP contribution in [0.2, 0.25) is 0 Å². The van der Waals surface area contributed by atoms with Crippen LogP contribution in [-0.4, -0.2) is 29.4 Å². The molecule has 1 amide bonds. The van der Waals surface area contributed by atoms with Gasteiger partial charge in [0.2, 0.25) is 0 Å². The van der Waals surface area contributed by atoms with Gasteiger partial charge in [0, 0.05) is 12.6 Å². The number of amides is 1. The first kappa shape index (κ1) is 8.97. The predicted molar refractivity (Wildman–Crippen MR) is 49.6 cm³/mol. The maximum Gasteiger partial charge on any atom is 0.250 e. The van der Waals surface area contributed by atoms with Gasteiger partial charge in [-0.05, 0) is 32.1 Å². The fourth-order valence-corrected chi connectivity index (χ4v) is 2.71. The molecule has 3 unspecified atom stereocenters. The molecular weight excluding hydrogens is 166 g/mol. The highest BCUT2D eigenvalue weighted by molar-refractivity contribution is 5.80. The van der Waals surface area contributed by atoms with Crippen LogP contribution in [0.1, 0.15) is 26.2 Å². The van der Waals surface area contributed by atoms with Crippen LogP contribution in [0, 0.1) is 5.92 Å². The largest absolute Gasteiger partial charge is 0.293 e. The number of rotatable bonds is 2. The van der Waals surface area contributed by atoms with Crippen LogP contribution < -0.4 is 11.3 Å². The van der Waals surface area contributed by atoms with Crippen molar-refractivity contribution in [2.45, 2.75) is 38.3 Å². The number of nitrogens with zero attached hydrogens (tertiary/aromatic N) is 1. The minimum atomic E-state index is -0.0625. The van der Waals surface area contributed by atoms with Crippen LogP contribution in [0.3, 0.4) is 0 Å². The second-order valence-electron chi connectivity index (χ2n) is 4.21. The number of fused-ring (bicyclic) bond motifs is 2. The summed E-state index contributed by atoms with van der Waals surface area (Å²) in [6.45, 7) is 3.02. The van der Waals surface area contributed by atoms with Gasteiger partial charge < -0.3 is 0 Å². The highest BCUT2D eigenvalue weighted by Crippen LogP contribution is 2.38. The molecular formula is C9H17N3O. The Kier molecular flexibility index (Phi) is 2.26. The molecule has 13 heavy (non-hydrogen) atoms. The van der Waals surface area contributed by atoms with Crippen molar-refractivity contribution in [3.05, 3.63) is 0 Å². The number of hydrazine groups is 1. The van der Waals surface area contributed by atoms with Crippen LogP contribution in [-0.2, 0) is 4.79 Å². The number of piperidine rings is 1. The lowest BCUT2D eigenvalue weighted by Crippen LogP contribution is -2.50. The summed E-state index contributed by atoms with van der Waals surface area (Å²) >= 11 is 0. The molecule has 0 aromatic heterocycles. The first-order valence-corrected chi connectivity index (χ1v) is 4.98. The Morgan fingerprint density at radius 2 is 2.38 bits per heavy atom. The van der Waals surface area contributed by atoms with E-state index in [1.54, 1.807) is 0 Å². The molecule has 1 saturated carbocycles. The predicted octanol–water partition coefficient (Wildman–Crippen LogP) is -0.151. The smallest absolute Gasteiger partial charge is 0.250 e. The van der Waals surface area contributed by atoms with E-state index in [0.717, 1.165) is 12.5 Å². The van der Waals surface area contributed by atoms with Gasteiger partial charge in [-0.25, -0.2) is 5.84 Å². The van der Waals surface area contributed by atoms with Crippen molar-refractivity contribution >= 4 is 5.91 Å². The second kappa shape index (κ2) is 3.27. The van der Waals surface area contributed by atoms with E-state index in [1.165, 1.54) is 19.3 Å². The number of nitrogens with two attached hydrogens (primary N) is 1. The number of hydrogen-bond acceptors (Lipinski definition) is 3. The maximum atomic E-state index is 11.3. The summed E-state index contributed by atoms with van der Waals surface area (Å²) < 4.78 is 0. The Labute approximate surface area is 78.4 Å². The number of hydrogen-bond donors (Lipinski definition) is 2. The van der Waals surface area contributed by atoms with Crippen molar-refractivity contribution in [1.82, 2.24) is 10.3 Å². The zero-order chi connectivity index (χ0) is 9.42. The van der Waals surface area contributed by atoms with E-state index in [2.05, 4.69) is 10.3 Å². The third-order valence-electron chi connectivity index (χ3n) is 3.47. The van der Waals surface area contributed by atoms with E-state index < -0.39 is 0 Å². The normalized spacial score (nSPS) is 34.9. The zero-order valence-corrected chi connectivity index (χ0v) is 7.99. The van der Waals surface area contributed by atoms with Crippen molar-refractivity contribution < 1.29 is 4.79 Å². The van der Waals surface area contributed by atoms with Crippen LogP contribution in [0.5, 0.6) is 0 Å². The van der Waals surface area contributed by atoms with Gasteiger partial charge in [-0.2, -0.15) is 0 Å². The molecule has 2 bridgehead atoms. The van der Waals surface area contributed by atoms with Crippen LogP contribution in [0.25, 0.3) is 0 Å². The van der Waals surface area contributed by atoms with Crippen molar-refractivity contribution in [2.75, 3.05) is 6.54 Å². The van der Waals surface area contributed by atoms with Gasteiger partial charge >= 0.3 is 0 Å². The van der Waals surface area contributed by atoms with Gasteiger partial charge in [0.1, 0.15) is 0 Å². The highest BCUT2D eigenvalue weighted by Gasteiger charge is 2.41. The molecule has 0 spiro atoms. The molecule has 0 radical (unpaired) electrons. The van der Waals surface area contributed by atoms with Crippen molar-refractivity contribution in [2.24, 2.45) is 11.8 Å². The Morgan fingerprint density at radius 3 is 2.85 bits per heavy atom. The number of carbonyl (C=O) groups is 1. The lowest BCUT2D eigenvalue weighted by molar-refractivity contribution is -0.126. The molecule has 1 heterocycles. The molecule has 2 aliphatic rings. The van der Waals surface area contributed by atoms with Crippen LogP contribution in [0.4, 0.5) is 0 Å². The van der Waals surface area contributed by atoms with E-state index in [4.69, 9.17) is 5.84 Å². The molecule has 0 aromatic rings. The summed E-state index contributed by atoms with van der Waals surface area (Å²) in [7, 11) is 0. The quantitative estimate of drug-likeness (QED) is 0.355. The van der Waals surface area contributed by atoms with Crippen molar-refractivity contribution in [3.63, 3.8) is 0 Å². The first-order chi connectivity index (χ1) is 6.22. The average Bonchev–Trinajstić information content (AvgIpc) is 2.76. The van der Waals surface area contributed by atoms with Gasteiger partial charge in [-0.15, -0.1) is 0 Å². The lowest BCUT2D eigenvalue weighted by Gasteiger charge is -2.31. The van der Waals surface area contributed by atoms with Gasteiger partial charge in [-0.3, -0.25) is 15.1 Å². The molecule has 2 fully saturated rings. The van der Waals surface area contributed by atoms with E-state index in [-0.39, 0.29) is 11.9 Å². The SMILES string of the molecule is CC(C(=O)NN)N1CC2CCC1C2. The van der Waals surface area contributed by atoms with Crippen LogP contribution in [0.15, 0.2) is 0 Å². The Morgan fingerprint density at radius 1 is 1.62 bits per heavy atom. The summed E-state index contributed by atoms with van der Waals surface area (Å²) in [6, 6.07) is 0.581. The molecule has 2 rings (SSSR count). The van der Waals surface area contributed by atoms with Crippen LogP contribution >= 0.6 is 0 Å². The third kappa shape index (κ3) is 1.44. The molecule has 3 N–H and O–H groups in total. The van der Waals surface area contributed by atoms with Crippen molar-refractivity contribution in [3.8, 4) is 0 Å². The number of carbonyl (C=O) groups excluding carboxylic acids is 1. The van der Waals surface area contributed by atoms with E-state index in [0.29, 0.717) is 6.04 Å². The minimum absolute atomic E-state index is 0.0553. The molecule has 4 heteroatoms. The molecule has 4 nitrogen and oxygen atoms in total. The molecule has 1 saturated heterocycles. The topological polar surface area (TPSA) is 58.4 Å². The third-order valence-corrected chi connectivity index (χ3v) is 3.47. The van der Waals surface area contributed by atoms with Gasteiger partial charge in [0.25, 0.3) is 5.91 Å². The fraction of sp³-hybridized carbons (Fsp3) is 0.889. The second-order valence-corrected chi connectivity index (χ2v) is 4.21. The molecule has 74 valence electrons. The average molecular weight is 183 g/mol. The molecule has 3 atom stereocenters. The first-order valence-electron chi connectivity index (χ1n) is 4.98. The number of nitrogens with one attached hydrogen (secondary N) is 1. The van der Waals surface area contributed by atoms with Gasteiger partial charge in [0.15, 0.2) is 0 Å². The maximum absolute atomic E-state index is 11.3. The summed E-state index contributed by atoms with van der Waals surface area (Å²) in [5.41, 5.74) is 2.22. The standard InChI is InChI=1S/C9H17N3O/c1-6(9(13)11-10)12-5-7-2-3-8(12)4-7/h6-8H,2-5,10H2,1H3,(H,11,13). The zero-order valence-electron chi connectivity index (χ0n) is 7.99. The molecule has 1 aliphatic carbocycles. The van der Waals surface area contributed by atoms with Gasteiger partial charge in [0.05, 0.1) is 6.04 Å². The summed E-state index contributed by atoms with van der Waals surface area (Å²) in [6.07, 6.45) is 3.88. The molecule has 0 aromatic carbocycles. The highest BCUT2D eigenvalue weighted by atomic mass is 16.2. The minimum Gasteiger partial charge on any atom is -0.293 e. The Balaban J connectivity index is 1.98. The fourth-order valence-electron chi connectivity index (χ4n) is 2.71. The summed E-state index contributed by atoms with van der Waals surface area (Å²) in [5.74, 6) is 5.88. The monoisotopic (exact) mass is 183 g/mol. The number of likely N-dealkylation sites (tertiary alicyclic amines) is 1. The molecule has 1 aliphatic heterocycles. The van der Waals surface area contributed by atoms with Gasteiger partial charge in [-0.1, -0.05) is 0 Å². The van der Waals surface area contributed by atoms with E-state index in [9.17, 15) is 4.79 Å². The Bertz CT molecular complexity index is 219. The Hall–Kier alpha value is -0.610. The van der Waals surface area contributed by atoms with E-state index >= 15 is 0 Å².